The molecule has 188 valence electrons. The first-order valence-corrected chi connectivity index (χ1v) is 12.9. The maximum absolute atomic E-state index is 13.5. The zero-order valence-corrected chi connectivity index (χ0v) is 20.2. The molecule has 0 unspecified atom stereocenters. The number of aliphatic hydroxyl groups excluding tert-OH is 1. The van der Waals surface area contributed by atoms with Crippen molar-refractivity contribution in [3.05, 3.63) is 84.1 Å². The quantitative estimate of drug-likeness (QED) is 0.269. The second-order valence-corrected chi connectivity index (χ2v) is 10.5. The molecule has 1 heterocycles. The minimum atomic E-state index is -4.53. The Hall–Kier alpha value is -3.43. The summed E-state index contributed by atoms with van der Waals surface area (Å²) in [5.74, 6) is 0.630. The Kier molecular flexibility index (Phi) is 7.33. The molecule has 0 fully saturated rings. The number of benzene rings is 3. The van der Waals surface area contributed by atoms with E-state index in [1.807, 2.05) is 0 Å². The van der Waals surface area contributed by atoms with Crippen molar-refractivity contribution in [1.82, 2.24) is 4.98 Å². The van der Waals surface area contributed by atoms with Crippen LogP contribution in [0.25, 0.3) is 22.0 Å². The zero-order valence-electron chi connectivity index (χ0n) is 19.4. The van der Waals surface area contributed by atoms with E-state index in [9.17, 15) is 21.6 Å². The van der Waals surface area contributed by atoms with Crippen molar-refractivity contribution in [3.63, 3.8) is 0 Å². The molecule has 0 atom stereocenters. The second kappa shape index (κ2) is 10.3. The predicted octanol–water partition coefficient (Wildman–Crippen LogP) is 6.57. The zero-order chi connectivity index (χ0) is 25.9. The van der Waals surface area contributed by atoms with Crippen molar-refractivity contribution in [3.8, 4) is 22.6 Å². The summed E-state index contributed by atoms with van der Waals surface area (Å²) < 4.78 is 71.8. The molecule has 0 spiro atoms. The number of hydrogen-bond acceptors (Lipinski definition) is 5. The third-order valence-electron chi connectivity index (χ3n) is 5.74. The van der Waals surface area contributed by atoms with Gasteiger partial charge in [0.1, 0.15) is 11.5 Å². The summed E-state index contributed by atoms with van der Waals surface area (Å²) >= 11 is 0. The molecule has 0 aliphatic heterocycles. The normalized spacial score (nSPS) is 12.1. The maximum atomic E-state index is 13.5. The molecule has 0 saturated heterocycles. The average molecular weight is 516 g/mol. The van der Waals surface area contributed by atoms with E-state index in [4.69, 9.17) is 9.84 Å². The van der Waals surface area contributed by atoms with E-state index in [2.05, 4.69) is 4.98 Å². The van der Waals surface area contributed by atoms with Gasteiger partial charge in [-0.3, -0.25) is 4.98 Å². The van der Waals surface area contributed by atoms with Gasteiger partial charge in [0, 0.05) is 18.2 Å². The number of pyridine rings is 1. The van der Waals surface area contributed by atoms with Crippen LogP contribution in [0.4, 0.5) is 13.2 Å². The number of halogens is 3. The molecule has 0 aliphatic carbocycles. The van der Waals surface area contributed by atoms with E-state index in [1.165, 1.54) is 24.4 Å². The van der Waals surface area contributed by atoms with Crippen LogP contribution in [0.1, 0.15) is 24.0 Å². The molecule has 4 rings (SSSR count). The number of ether oxygens (including phenoxy) is 1. The Morgan fingerprint density at radius 1 is 0.944 bits per heavy atom. The molecule has 5 nitrogen and oxygen atoms in total. The fourth-order valence-electron chi connectivity index (χ4n) is 4.04. The van der Waals surface area contributed by atoms with Crippen LogP contribution >= 0.6 is 0 Å². The van der Waals surface area contributed by atoms with E-state index in [0.717, 1.165) is 6.07 Å². The topological polar surface area (TPSA) is 76.5 Å². The number of aliphatic hydroxyl groups is 1. The Balaban J connectivity index is 1.69. The van der Waals surface area contributed by atoms with Gasteiger partial charge in [-0.25, -0.2) is 8.42 Å². The summed E-state index contributed by atoms with van der Waals surface area (Å²) in [6.07, 6.45) is -2.37. The molecule has 1 N–H and O–H groups in total. The molecule has 0 amide bonds. The van der Waals surface area contributed by atoms with Crippen LogP contribution in [-0.4, -0.2) is 30.9 Å². The lowest BCUT2D eigenvalue weighted by atomic mass is 9.95. The average Bonchev–Trinajstić information content (AvgIpc) is 2.83. The Labute approximate surface area is 207 Å². The van der Waals surface area contributed by atoms with Crippen molar-refractivity contribution < 1.29 is 31.4 Å². The maximum Gasteiger partial charge on any atom is 0.418 e. The van der Waals surface area contributed by atoms with E-state index in [1.54, 1.807) is 49.4 Å². The third-order valence-corrected chi connectivity index (χ3v) is 7.53. The van der Waals surface area contributed by atoms with E-state index >= 15 is 0 Å². The minimum absolute atomic E-state index is 0.0707. The molecule has 4 aromatic rings. The number of rotatable bonds is 8. The molecule has 3 aromatic carbocycles. The van der Waals surface area contributed by atoms with Crippen molar-refractivity contribution in [2.45, 2.75) is 30.8 Å². The van der Waals surface area contributed by atoms with Gasteiger partial charge in [0.25, 0.3) is 0 Å². The van der Waals surface area contributed by atoms with Gasteiger partial charge in [0.15, 0.2) is 9.84 Å². The highest BCUT2D eigenvalue weighted by atomic mass is 32.2. The van der Waals surface area contributed by atoms with Gasteiger partial charge < -0.3 is 9.84 Å². The highest BCUT2D eigenvalue weighted by molar-refractivity contribution is 7.91. The molecule has 36 heavy (non-hydrogen) atoms. The monoisotopic (exact) mass is 515 g/mol. The summed E-state index contributed by atoms with van der Waals surface area (Å²) in [6, 6.07) is 17.0. The van der Waals surface area contributed by atoms with Crippen LogP contribution in [-0.2, 0) is 16.0 Å². The summed E-state index contributed by atoms with van der Waals surface area (Å²) in [5.41, 5.74) is 1.03. The van der Waals surface area contributed by atoms with Crippen LogP contribution in [0.15, 0.2) is 77.8 Å². The number of para-hydroxylation sites is 1. The highest BCUT2D eigenvalue weighted by Crippen LogP contribution is 2.39. The fourth-order valence-corrected chi connectivity index (χ4v) is 5.44. The Morgan fingerprint density at radius 2 is 1.64 bits per heavy atom. The first kappa shape index (κ1) is 25.7. The van der Waals surface area contributed by atoms with E-state index < -0.39 is 21.6 Å². The van der Waals surface area contributed by atoms with Gasteiger partial charge in [-0.05, 0) is 72.9 Å². The van der Waals surface area contributed by atoms with Crippen LogP contribution in [0.3, 0.4) is 0 Å². The fraction of sp³-hybridized carbons (Fsp3) is 0.222. The SMILES string of the molecule is Cc1cnc2c(C(F)(F)F)cccc2c1-c1cccc(Oc2cccc(S(=O)(=O)CCCCO)c2)c1. The van der Waals surface area contributed by atoms with Gasteiger partial charge in [-0.15, -0.1) is 0 Å². The molecule has 9 heteroatoms. The molecule has 0 saturated carbocycles. The number of unbranched alkanes of at least 4 members (excludes halogenated alkanes) is 1. The number of sulfone groups is 1. The summed E-state index contributed by atoms with van der Waals surface area (Å²) in [7, 11) is -3.53. The van der Waals surface area contributed by atoms with Gasteiger partial charge >= 0.3 is 6.18 Å². The van der Waals surface area contributed by atoms with Crippen molar-refractivity contribution in [2.75, 3.05) is 12.4 Å². The lowest BCUT2D eigenvalue weighted by Crippen LogP contribution is -2.07. The van der Waals surface area contributed by atoms with E-state index in [-0.39, 0.29) is 22.8 Å². The standard InChI is InChI=1S/C27H24F3NO4S/c1-18-17-31-26-23(11-6-12-24(26)27(28,29)30)25(18)19-7-4-8-20(15-19)35-21-9-5-10-22(16-21)36(33,34)14-3-2-13-32/h4-12,15-17,32H,2-3,13-14H2,1H3. The summed E-state index contributed by atoms with van der Waals surface area (Å²) in [5, 5.41) is 9.28. The number of fused-ring (bicyclic) bond motifs is 1. The number of aryl methyl sites for hydroxylation is 1. The molecule has 0 bridgehead atoms. The largest absolute Gasteiger partial charge is 0.457 e. The van der Waals surface area contributed by atoms with Crippen LogP contribution in [0.5, 0.6) is 11.5 Å². The summed E-state index contributed by atoms with van der Waals surface area (Å²) in [4.78, 5) is 4.18. The lowest BCUT2D eigenvalue weighted by molar-refractivity contribution is -0.136. The smallest absolute Gasteiger partial charge is 0.418 e. The van der Waals surface area contributed by atoms with Crippen molar-refractivity contribution >= 4 is 20.7 Å². The Bertz CT molecular complexity index is 1500. The number of hydrogen-bond donors (Lipinski definition) is 1. The lowest BCUT2D eigenvalue weighted by Gasteiger charge is -2.15. The summed E-state index contributed by atoms with van der Waals surface area (Å²) in [6.45, 7) is 1.71. The van der Waals surface area contributed by atoms with Crippen LogP contribution in [0.2, 0.25) is 0 Å². The second-order valence-electron chi connectivity index (χ2n) is 8.37. The van der Waals surface area contributed by atoms with Crippen molar-refractivity contribution in [1.29, 1.82) is 0 Å². The van der Waals surface area contributed by atoms with Crippen LogP contribution < -0.4 is 4.74 Å². The number of alkyl halides is 3. The van der Waals surface area contributed by atoms with E-state index in [0.29, 0.717) is 46.4 Å². The van der Waals surface area contributed by atoms with Crippen molar-refractivity contribution in [2.24, 2.45) is 0 Å². The molecular weight excluding hydrogens is 491 g/mol. The molecule has 1 aromatic heterocycles. The first-order chi connectivity index (χ1) is 17.1. The highest BCUT2D eigenvalue weighted by Gasteiger charge is 2.33. The van der Waals surface area contributed by atoms with Crippen LogP contribution in [0, 0.1) is 6.92 Å². The van der Waals surface area contributed by atoms with Gasteiger partial charge in [0.05, 0.1) is 21.7 Å². The van der Waals surface area contributed by atoms with Gasteiger partial charge in [-0.1, -0.05) is 30.3 Å². The predicted molar refractivity (Wildman–Crippen MR) is 132 cm³/mol. The molecule has 0 aliphatic rings. The van der Waals surface area contributed by atoms with Gasteiger partial charge in [-0.2, -0.15) is 13.2 Å². The number of aromatic nitrogens is 1. The molecular formula is C27H24F3NO4S. The third kappa shape index (κ3) is 5.52. The number of nitrogens with zero attached hydrogens (tertiary/aromatic N) is 1. The minimum Gasteiger partial charge on any atom is -0.457 e. The first-order valence-electron chi connectivity index (χ1n) is 11.3. The van der Waals surface area contributed by atoms with Gasteiger partial charge in [0.2, 0.25) is 0 Å². The Morgan fingerprint density at radius 3 is 2.36 bits per heavy atom. The molecule has 0 radical (unpaired) electrons.